The Morgan fingerprint density at radius 2 is 1.76 bits per heavy atom. The smallest absolute Gasteiger partial charge is 0.261 e. The van der Waals surface area contributed by atoms with E-state index in [2.05, 4.69) is 16.5 Å². The average Bonchev–Trinajstić information content (AvgIpc) is 2.79. The molecular weight excluding hydrogens is 461 g/mol. The summed E-state index contributed by atoms with van der Waals surface area (Å²) in [5, 5.41) is 0. The van der Waals surface area contributed by atoms with E-state index in [0.717, 1.165) is 18.7 Å². The van der Waals surface area contributed by atoms with Gasteiger partial charge in [0.1, 0.15) is 18.2 Å². The molecule has 2 aromatic rings. The molecule has 2 aromatic carbocycles. The molecule has 0 bridgehead atoms. The number of rotatable bonds is 4. The highest BCUT2D eigenvalue weighted by molar-refractivity contribution is 7.92. The predicted octanol–water partition coefficient (Wildman–Crippen LogP) is 3.06. The Morgan fingerprint density at radius 1 is 1.09 bits per heavy atom. The van der Waals surface area contributed by atoms with E-state index in [4.69, 9.17) is 9.47 Å². The van der Waals surface area contributed by atoms with Gasteiger partial charge in [0, 0.05) is 39.4 Å². The van der Waals surface area contributed by atoms with Gasteiger partial charge in [-0.15, -0.1) is 0 Å². The lowest BCUT2D eigenvalue weighted by Gasteiger charge is -2.34. The summed E-state index contributed by atoms with van der Waals surface area (Å²) >= 11 is 0. The van der Waals surface area contributed by atoms with Gasteiger partial charge < -0.3 is 14.4 Å². The number of fused-ring (bicyclic) bond motifs is 1. The second-order valence-corrected chi connectivity index (χ2v) is 10.5. The third-order valence-corrected chi connectivity index (χ3v) is 7.53. The minimum absolute atomic E-state index is 0.0413. The van der Waals surface area contributed by atoms with Crippen molar-refractivity contribution in [1.82, 2.24) is 9.80 Å². The Hall–Kier alpha value is -2.69. The monoisotopic (exact) mass is 493 g/mol. The maximum absolute atomic E-state index is 13.2. The molecule has 3 rings (SSSR count). The van der Waals surface area contributed by atoms with E-state index in [1.807, 2.05) is 14.0 Å². The first-order chi connectivity index (χ1) is 16.0. The van der Waals surface area contributed by atoms with Crippen LogP contribution in [0, 0.1) is 11.7 Å². The fourth-order valence-corrected chi connectivity index (χ4v) is 4.89. The molecule has 8 nitrogen and oxygen atoms in total. The summed E-state index contributed by atoms with van der Waals surface area (Å²) < 4.78 is 52.8. The number of hydrogen-bond acceptors (Lipinski definition) is 6. The molecule has 0 radical (unpaired) electrons. The number of anilines is 1. The Morgan fingerprint density at radius 3 is 2.41 bits per heavy atom. The summed E-state index contributed by atoms with van der Waals surface area (Å²) in [5.41, 5.74) is 0.556. The van der Waals surface area contributed by atoms with Crippen LogP contribution < -0.4 is 9.46 Å². The number of ether oxygens (including phenoxy) is 2. The first kappa shape index (κ1) is 25.9. The van der Waals surface area contributed by atoms with Crippen LogP contribution in [0.1, 0.15) is 24.2 Å². The molecule has 1 aliphatic rings. The van der Waals surface area contributed by atoms with Gasteiger partial charge in [-0.3, -0.25) is 14.4 Å². The lowest BCUT2D eigenvalue weighted by Crippen LogP contribution is -2.45. The van der Waals surface area contributed by atoms with E-state index in [0.29, 0.717) is 18.7 Å². The van der Waals surface area contributed by atoms with Gasteiger partial charge in [0.2, 0.25) is 0 Å². The number of amides is 1. The molecule has 1 amide bonds. The van der Waals surface area contributed by atoms with E-state index >= 15 is 0 Å². The van der Waals surface area contributed by atoms with Gasteiger partial charge in [-0.05, 0) is 56.3 Å². The molecule has 1 N–H and O–H groups in total. The minimum Gasteiger partial charge on any atom is -0.491 e. The summed E-state index contributed by atoms with van der Waals surface area (Å²) in [6.07, 6.45) is -0.144. The van der Waals surface area contributed by atoms with Crippen molar-refractivity contribution >= 4 is 21.6 Å². The van der Waals surface area contributed by atoms with Crippen LogP contribution in [0.3, 0.4) is 0 Å². The van der Waals surface area contributed by atoms with Gasteiger partial charge in [-0.1, -0.05) is 6.92 Å². The molecule has 1 aliphatic heterocycles. The molecular formula is C24H32FN3O5S. The van der Waals surface area contributed by atoms with Gasteiger partial charge in [-0.25, -0.2) is 12.8 Å². The molecule has 0 fully saturated rings. The lowest BCUT2D eigenvalue weighted by atomic mass is 10.0. The number of benzene rings is 2. The molecule has 0 unspecified atom stereocenters. The number of likely N-dealkylation sites (N-methyl/N-ethyl adjacent to an activating group) is 2. The van der Waals surface area contributed by atoms with Gasteiger partial charge in [0.15, 0.2) is 0 Å². The van der Waals surface area contributed by atoms with Crippen LogP contribution in [0.5, 0.6) is 5.75 Å². The van der Waals surface area contributed by atoms with Crippen molar-refractivity contribution in [3.63, 3.8) is 0 Å². The fraction of sp³-hybridized carbons (Fsp3) is 0.458. The number of methoxy groups -OCH3 is 1. The standard InChI is InChI=1S/C24H32FN3O5S/c1-16-13-27(3)17(2)15-33-22-12-19(26-34(30,31)20-9-6-18(25)7-10-20)8-11-21(22)24(29)28(4)14-23(16)32-5/h6-12,16-17,23,26H,13-15H2,1-5H3/t16-,17-,23-/m1/s1. The summed E-state index contributed by atoms with van der Waals surface area (Å²) in [7, 11) is 1.40. The number of nitrogens with zero attached hydrogens (tertiary/aromatic N) is 2. The first-order valence-corrected chi connectivity index (χ1v) is 12.5. The van der Waals surface area contributed by atoms with Crippen LogP contribution in [-0.4, -0.2) is 77.2 Å². The van der Waals surface area contributed by atoms with Crippen LogP contribution in [0.4, 0.5) is 10.1 Å². The van der Waals surface area contributed by atoms with E-state index in [1.165, 1.54) is 24.3 Å². The van der Waals surface area contributed by atoms with Gasteiger partial charge >= 0.3 is 0 Å². The molecule has 0 aromatic heterocycles. The quantitative estimate of drug-likeness (QED) is 0.705. The molecule has 0 saturated heterocycles. The van der Waals surface area contributed by atoms with E-state index in [1.54, 1.807) is 25.1 Å². The number of carbonyl (C=O) groups is 1. The lowest BCUT2D eigenvalue weighted by molar-refractivity contribution is 0.0150. The van der Waals surface area contributed by atoms with Crippen molar-refractivity contribution in [1.29, 1.82) is 0 Å². The Balaban J connectivity index is 1.94. The fourth-order valence-electron chi connectivity index (χ4n) is 3.84. The molecule has 0 saturated carbocycles. The molecule has 0 aliphatic carbocycles. The van der Waals surface area contributed by atoms with Crippen molar-refractivity contribution in [2.75, 3.05) is 45.6 Å². The highest BCUT2D eigenvalue weighted by atomic mass is 32.2. The summed E-state index contributed by atoms with van der Waals surface area (Å²) in [6.45, 7) is 5.58. The normalized spacial score (nSPS) is 22.8. The van der Waals surface area contributed by atoms with E-state index in [9.17, 15) is 17.6 Å². The largest absolute Gasteiger partial charge is 0.491 e. The third-order valence-electron chi connectivity index (χ3n) is 6.13. The number of nitrogens with one attached hydrogen (secondary N) is 1. The van der Waals surface area contributed by atoms with E-state index < -0.39 is 15.8 Å². The highest BCUT2D eigenvalue weighted by Crippen LogP contribution is 2.28. The topological polar surface area (TPSA) is 88.2 Å². The van der Waals surface area contributed by atoms with Crippen LogP contribution in [0.25, 0.3) is 0 Å². The Bertz CT molecular complexity index is 1110. The zero-order chi connectivity index (χ0) is 25.0. The maximum Gasteiger partial charge on any atom is 0.261 e. The van der Waals surface area contributed by atoms with Crippen LogP contribution >= 0.6 is 0 Å². The number of sulfonamides is 1. The minimum atomic E-state index is -3.95. The van der Waals surface area contributed by atoms with Crippen molar-refractivity contribution in [3.8, 4) is 5.75 Å². The maximum atomic E-state index is 13.2. The SMILES string of the molecule is CO[C@@H]1CN(C)C(=O)c2ccc(NS(=O)(=O)c3ccc(F)cc3)cc2OC[C@@H](C)N(C)C[C@H]1C. The molecule has 1 heterocycles. The number of hydrogen-bond donors (Lipinski definition) is 1. The average molecular weight is 494 g/mol. The van der Waals surface area contributed by atoms with Gasteiger partial charge in [-0.2, -0.15) is 0 Å². The third kappa shape index (κ3) is 6.05. The first-order valence-electron chi connectivity index (χ1n) is 11.1. The van der Waals surface area contributed by atoms with Crippen LogP contribution in [0.15, 0.2) is 47.4 Å². The predicted molar refractivity (Wildman–Crippen MR) is 128 cm³/mol. The second-order valence-electron chi connectivity index (χ2n) is 8.81. The highest BCUT2D eigenvalue weighted by Gasteiger charge is 2.27. The van der Waals surface area contributed by atoms with Gasteiger partial charge in [0.25, 0.3) is 15.9 Å². The van der Waals surface area contributed by atoms with Crippen LogP contribution in [-0.2, 0) is 14.8 Å². The number of carbonyl (C=O) groups excluding carboxylic acids is 1. The van der Waals surface area contributed by atoms with E-state index in [-0.39, 0.29) is 40.3 Å². The Kier molecular flexibility index (Phi) is 8.17. The molecule has 0 spiro atoms. The molecule has 186 valence electrons. The zero-order valence-electron chi connectivity index (χ0n) is 20.1. The summed E-state index contributed by atoms with van der Waals surface area (Å²) in [6, 6.07) is 9.12. The Labute approximate surface area is 200 Å². The number of halogens is 1. The molecule has 10 heteroatoms. The molecule has 3 atom stereocenters. The van der Waals surface area contributed by atoms with Crippen molar-refractivity contribution < 1.29 is 27.1 Å². The van der Waals surface area contributed by atoms with Crippen molar-refractivity contribution in [3.05, 3.63) is 53.8 Å². The summed E-state index contributed by atoms with van der Waals surface area (Å²) in [5.74, 6) is -0.313. The van der Waals surface area contributed by atoms with Gasteiger partial charge in [0.05, 0.1) is 22.3 Å². The molecule has 34 heavy (non-hydrogen) atoms. The van der Waals surface area contributed by atoms with Crippen LogP contribution in [0.2, 0.25) is 0 Å². The zero-order valence-corrected chi connectivity index (χ0v) is 20.9. The summed E-state index contributed by atoms with van der Waals surface area (Å²) in [4.78, 5) is 16.9. The second kappa shape index (κ2) is 10.7. The van der Waals surface area contributed by atoms with Crippen molar-refractivity contribution in [2.24, 2.45) is 5.92 Å². The van der Waals surface area contributed by atoms with Crippen molar-refractivity contribution in [2.45, 2.75) is 30.9 Å².